The predicted octanol–water partition coefficient (Wildman–Crippen LogP) is 0.285. The molecule has 2 heterocycles. The molecule has 0 spiro atoms. The number of nitrogens with one attached hydrogen (secondary N) is 1. The van der Waals surface area contributed by atoms with Crippen molar-refractivity contribution in [2.75, 3.05) is 18.0 Å². The highest BCUT2D eigenvalue weighted by Gasteiger charge is 2.26. The third kappa shape index (κ3) is 2.24. The van der Waals surface area contributed by atoms with Gasteiger partial charge in [0.05, 0.1) is 6.10 Å². The Labute approximate surface area is 94.1 Å². The smallest absolute Gasteiger partial charge is 0.252 e. The molecule has 0 bridgehead atoms. The van der Waals surface area contributed by atoms with Crippen molar-refractivity contribution in [3.8, 4) is 0 Å². The van der Waals surface area contributed by atoms with Gasteiger partial charge < -0.3 is 15.0 Å². The number of rotatable bonds is 2. The van der Waals surface area contributed by atoms with Gasteiger partial charge in [-0.05, 0) is 20.3 Å². The maximum atomic E-state index is 11.3. The van der Waals surface area contributed by atoms with Crippen LogP contribution in [0.4, 0.5) is 5.82 Å². The predicted molar refractivity (Wildman–Crippen MR) is 61.6 cm³/mol. The number of aryl methyl sites for hydroxylation is 1. The van der Waals surface area contributed by atoms with Crippen LogP contribution in [0.2, 0.25) is 0 Å². The molecule has 2 N–H and O–H groups in total. The van der Waals surface area contributed by atoms with Crippen molar-refractivity contribution >= 4 is 5.82 Å². The van der Waals surface area contributed by atoms with Gasteiger partial charge in [0.25, 0.3) is 5.56 Å². The van der Waals surface area contributed by atoms with E-state index in [0.29, 0.717) is 11.6 Å². The van der Waals surface area contributed by atoms with Crippen LogP contribution in [-0.4, -0.2) is 34.3 Å². The lowest BCUT2D eigenvalue weighted by molar-refractivity contribution is 0.136. The summed E-state index contributed by atoms with van der Waals surface area (Å²) in [5, 5.41) is 9.51. The normalized spacial score (nSPS) is 22.4. The monoisotopic (exact) mass is 223 g/mol. The number of aromatic amines is 1. The lowest BCUT2D eigenvalue weighted by Gasteiger charge is -2.18. The maximum absolute atomic E-state index is 11.3. The molecule has 2 unspecified atom stereocenters. The van der Waals surface area contributed by atoms with Crippen molar-refractivity contribution in [1.82, 2.24) is 9.97 Å². The van der Waals surface area contributed by atoms with Crippen LogP contribution in [0.3, 0.4) is 0 Å². The number of hydrogen-bond acceptors (Lipinski definition) is 4. The first-order valence-corrected chi connectivity index (χ1v) is 5.57. The molecule has 0 aromatic carbocycles. The van der Waals surface area contributed by atoms with Gasteiger partial charge >= 0.3 is 0 Å². The largest absolute Gasteiger partial charge is 0.393 e. The van der Waals surface area contributed by atoms with Crippen LogP contribution < -0.4 is 10.5 Å². The second kappa shape index (κ2) is 4.25. The van der Waals surface area contributed by atoms with E-state index in [2.05, 4.69) is 14.9 Å². The number of aliphatic hydroxyl groups excluding tert-OH is 1. The van der Waals surface area contributed by atoms with Crippen LogP contribution in [0, 0.1) is 12.8 Å². The Morgan fingerprint density at radius 3 is 3.00 bits per heavy atom. The average Bonchev–Trinajstić information content (AvgIpc) is 2.64. The maximum Gasteiger partial charge on any atom is 0.252 e. The Morgan fingerprint density at radius 2 is 2.44 bits per heavy atom. The summed E-state index contributed by atoms with van der Waals surface area (Å²) >= 11 is 0. The van der Waals surface area contributed by atoms with Gasteiger partial charge in [-0.2, -0.15) is 0 Å². The first-order valence-electron chi connectivity index (χ1n) is 5.57. The van der Waals surface area contributed by atoms with Gasteiger partial charge in [-0.3, -0.25) is 4.79 Å². The molecular weight excluding hydrogens is 206 g/mol. The molecule has 2 rings (SSSR count). The quantitative estimate of drug-likeness (QED) is 0.756. The molecule has 0 radical (unpaired) electrons. The fourth-order valence-corrected chi connectivity index (χ4v) is 2.11. The van der Waals surface area contributed by atoms with E-state index in [4.69, 9.17) is 0 Å². The molecule has 1 saturated heterocycles. The summed E-state index contributed by atoms with van der Waals surface area (Å²) in [7, 11) is 0. The Bertz CT molecular complexity index is 427. The lowest BCUT2D eigenvalue weighted by Crippen LogP contribution is -2.26. The van der Waals surface area contributed by atoms with Gasteiger partial charge in [-0.1, -0.05) is 0 Å². The molecule has 0 aliphatic carbocycles. The molecule has 1 aromatic heterocycles. The van der Waals surface area contributed by atoms with Crippen molar-refractivity contribution < 1.29 is 5.11 Å². The van der Waals surface area contributed by atoms with E-state index < -0.39 is 0 Å². The molecule has 1 aromatic rings. The Balaban J connectivity index is 2.17. The molecule has 0 amide bonds. The van der Waals surface area contributed by atoms with Gasteiger partial charge in [0.2, 0.25) is 0 Å². The molecule has 5 heteroatoms. The van der Waals surface area contributed by atoms with E-state index >= 15 is 0 Å². The van der Waals surface area contributed by atoms with E-state index in [1.165, 1.54) is 6.07 Å². The zero-order chi connectivity index (χ0) is 11.7. The summed E-state index contributed by atoms with van der Waals surface area (Å²) in [5.74, 6) is 1.62. The molecule has 1 aliphatic heterocycles. The third-order valence-corrected chi connectivity index (χ3v) is 3.08. The van der Waals surface area contributed by atoms with E-state index in [-0.39, 0.29) is 17.6 Å². The van der Waals surface area contributed by atoms with Crippen LogP contribution in [0.25, 0.3) is 0 Å². The molecule has 16 heavy (non-hydrogen) atoms. The van der Waals surface area contributed by atoms with E-state index in [9.17, 15) is 9.90 Å². The molecule has 0 saturated carbocycles. The Kier molecular flexibility index (Phi) is 2.96. The molecule has 5 nitrogen and oxygen atoms in total. The fraction of sp³-hybridized carbons (Fsp3) is 0.636. The number of aliphatic hydroxyl groups is 1. The first kappa shape index (κ1) is 11.1. The Hall–Kier alpha value is -1.36. The van der Waals surface area contributed by atoms with Crippen LogP contribution in [-0.2, 0) is 0 Å². The van der Waals surface area contributed by atoms with Gasteiger partial charge in [-0.25, -0.2) is 4.98 Å². The van der Waals surface area contributed by atoms with E-state index in [0.717, 1.165) is 19.5 Å². The van der Waals surface area contributed by atoms with Crippen molar-refractivity contribution in [1.29, 1.82) is 0 Å². The zero-order valence-electron chi connectivity index (χ0n) is 9.60. The molecule has 88 valence electrons. The number of anilines is 1. The zero-order valence-corrected chi connectivity index (χ0v) is 9.60. The van der Waals surface area contributed by atoms with Crippen LogP contribution in [0.15, 0.2) is 10.9 Å². The van der Waals surface area contributed by atoms with Gasteiger partial charge in [-0.15, -0.1) is 0 Å². The summed E-state index contributed by atoms with van der Waals surface area (Å²) in [4.78, 5) is 20.3. The number of H-pyrrole nitrogens is 1. The summed E-state index contributed by atoms with van der Waals surface area (Å²) in [6.07, 6.45) is 0.652. The van der Waals surface area contributed by atoms with E-state index in [1.807, 2.05) is 6.92 Å². The third-order valence-electron chi connectivity index (χ3n) is 3.08. The van der Waals surface area contributed by atoms with Crippen molar-refractivity contribution in [3.63, 3.8) is 0 Å². The highest BCUT2D eigenvalue weighted by atomic mass is 16.3. The highest BCUT2D eigenvalue weighted by molar-refractivity contribution is 5.38. The van der Waals surface area contributed by atoms with Crippen LogP contribution in [0.5, 0.6) is 0 Å². The highest BCUT2D eigenvalue weighted by Crippen LogP contribution is 2.23. The second-order valence-corrected chi connectivity index (χ2v) is 4.42. The van der Waals surface area contributed by atoms with Gasteiger partial charge in [0, 0.05) is 25.1 Å². The van der Waals surface area contributed by atoms with Crippen molar-refractivity contribution in [3.05, 3.63) is 22.2 Å². The number of aromatic nitrogens is 2. The summed E-state index contributed by atoms with van der Waals surface area (Å²) in [5.41, 5.74) is -0.122. The fourth-order valence-electron chi connectivity index (χ4n) is 2.11. The van der Waals surface area contributed by atoms with Gasteiger partial charge in [0.15, 0.2) is 0 Å². The Morgan fingerprint density at radius 1 is 1.69 bits per heavy atom. The van der Waals surface area contributed by atoms with Crippen molar-refractivity contribution in [2.24, 2.45) is 5.92 Å². The minimum absolute atomic E-state index is 0.122. The van der Waals surface area contributed by atoms with Crippen molar-refractivity contribution in [2.45, 2.75) is 26.4 Å². The molecule has 1 fully saturated rings. The average molecular weight is 223 g/mol. The minimum atomic E-state index is -0.298. The second-order valence-electron chi connectivity index (χ2n) is 4.42. The standard InChI is InChI=1S/C11H17N3O2/c1-7(15)9-3-4-14(6-9)10-5-11(16)13-8(2)12-10/h5,7,9,15H,3-4,6H2,1-2H3,(H,12,13,16). The van der Waals surface area contributed by atoms with E-state index in [1.54, 1.807) is 6.92 Å². The topological polar surface area (TPSA) is 69.2 Å². The lowest BCUT2D eigenvalue weighted by atomic mass is 10.0. The molecular formula is C11H17N3O2. The number of nitrogens with zero attached hydrogens (tertiary/aromatic N) is 2. The van der Waals surface area contributed by atoms with Gasteiger partial charge in [0.1, 0.15) is 11.6 Å². The first-order chi connectivity index (χ1) is 7.56. The number of hydrogen-bond donors (Lipinski definition) is 2. The SMILES string of the molecule is Cc1nc(N2CCC(C(C)O)C2)cc(=O)[nH]1. The summed E-state index contributed by atoms with van der Waals surface area (Å²) < 4.78 is 0. The minimum Gasteiger partial charge on any atom is -0.393 e. The summed E-state index contributed by atoms with van der Waals surface area (Å²) in [6.45, 7) is 5.21. The van der Waals surface area contributed by atoms with Crippen LogP contribution >= 0.6 is 0 Å². The molecule has 2 atom stereocenters. The summed E-state index contributed by atoms with van der Waals surface area (Å²) in [6, 6.07) is 1.51. The molecule has 1 aliphatic rings. The van der Waals surface area contributed by atoms with Crippen LogP contribution in [0.1, 0.15) is 19.2 Å².